The smallest absolute Gasteiger partial charge is 0.138 e. The lowest BCUT2D eigenvalue weighted by atomic mass is 9.73. The summed E-state index contributed by atoms with van der Waals surface area (Å²) in [5, 5.41) is 0. The molecule has 0 amide bonds. The number of nitrogens with zero attached hydrogens (tertiary/aromatic N) is 2. The Labute approximate surface area is 216 Å². The lowest BCUT2D eigenvalue weighted by molar-refractivity contribution is 0.0209. The fraction of sp³-hybridized carbons (Fsp3) is 0.800. The van der Waals surface area contributed by atoms with E-state index in [9.17, 15) is 0 Å². The van der Waals surface area contributed by atoms with E-state index >= 15 is 4.39 Å². The SMILES string of the molecule is NC1=C(N2C3=C(CCC=C3)C3CCCCC32)[C@H](N2C3CCCCC3C3CCCCC32)C(F)C(N)[C@@H]1N. The average molecular weight is 496 g/mol. The maximum Gasteiger partial charge on any atom is 0.138 e. The summed E-state index contributed by atoms with van der Waals surface area (Å²) in [5.74, 6) is 1.99. The Morgan fingerprint density at radius 3 is 2.11 bits per heavy atom. The Kier molecular flexibility index (Phi) is 6.02. The number of alkyl halides is 1. The number of allylic oxidation sites excluding steroid dienone is 2. The van der Waals surface area contributed by atoms with Crippen molar-refractivity contribution in [1.29, 1.82) is 0 Å². The van der Waals surface area contributed by atoms with Gasteiger partial charge in [0, 0.05) is 35.4 Å². The summed E-state index contributed by atoms with van der Waals surface area (Å²) in [6.45, 7) is 0. The summed E-state index contributed by atoms with van der Waals surface area (Å²) in [7, 11) is 0. The fourth-order valence-electron chi connectivity index (χ4n) is 9.97. The van der Waals surface area contributed by atoms with Crippen LogP contribution in [-0.2, 0) is 0 Å². The molecule has 0 radical (unpaired) electrons. The minimum atomic E-state index is -1.19. The van der Waals surface area contributed by atoms with Crippen LogP contribution in [0.3, 0.4) is 0 Å². The molecule has 7 rings (SSSR count). The highest BCUT2D eigenvalue weighted by atomic mass is 19.1. The van der Waals surface area contributed by atoms with Gasteiger partial charge in [-0.1, -0.05) is 44.6 Å². The van der Waals surface area contributed by atoms with Crippen molar-refractivity contribution < 1.29 is 4.39 Å². The zero-order chi connectivity index (χ0) is 24.6. The predicted molar refractivity (Wildman–Crippen MR) is 142 cm³/mol. The van der Waals surface area contributed by atoms with Crippen LogP contribution >= 0.6 is 0 Å². The van der Waals surface area contributed by atoms with E-state index in [0.29, 0.717) is 41.6 Å². The zero-order valence-electron chi connectivity index (χ0n) is 21.8. The van der Waals surface area contributed by atoms with Crippen molar-refractivity contribution in [2.45, 2.75) is 132 Å². The van der Waals surface area contributed by atoms with Crippen LogP contribution in [0.1, 0.15) is 89.9 Å². The molecule has 1 saturated heterocycles. The molecule has 0 bridgehead atoms. The third kappa shape index (κ3) is 3.36. The number of nitrogens with two attached hydrogens (primary N) is 3. The second-order valence-corrected chi connectivity index (χ2v) is 13.0. The van der Waals surface area contributed by atoms with Crippen LogP contribution in [0.5, 0.6) is 0 Å². The van der Waals surface area contributed by atoms with Crippen molar-refractivity contribution in [3.63, 3.8) is 0 Å². The molecule has 8 unspecified atom stereocenters. The number of rotatable bonds is 2. The second kappa shape index (κ2) is 9.13. The summed E-state index contributed by atoms with van der Waals surface area (Å²) >= 11 is 0. The maximum absolute atomic E-state index is 16.8. The van der Waals surface area contributed by atoms with E-state index in [2.05, 4.69) is 22.0 Å². The van der Waals surface area contributed by atoms with Gasteiger partial charge in [-0.2, -0.15) is 0 Å². The van der Waals surface area contributed by atoms with Gasteiger partial charge < -0.3 is 22.1 Å². The van der Waals surface area contributed by atoms with E-state index in [1.807, 2.05) is 0 Å². The minimum Gasteiger partial charge on any atom is -0.399 e. The second-order valence-electron chi connectivity index (χ2n) is 13.0. The summed E-state index contributed by atoms with van der Waals surface area (Å²) in [6.07, 6.45) is 20.8. The van der Waals surface area contributed by atoms with E-state index in [-0.39, 0.29) is 6.04 Å². The van der Waals surface area contributed by atoms with Gasteiger partial charge in [0.15, 0.2) is 0 Å². The van der Waals surface area contributed by atoms with Crippen molar-refractivity contribution in [2.24, 2.45) is 35.0 Å². The Hall–Kier alpha value is -1.37. The predicted octanol–water partition coefficient (Wildman–Crippen LogP) is 4.44. The molecule has 2 aliphatic heterocycles. The quantitative estimate of drug-likeness (QED) is 0.527. The van der Waals surface area contributed by atoms with Gasteiger partial charge in [0.2, 0.25) is 0 Å². The first-order valence-electron chi connectivity index (χ1n) is 15.2. The monoisotopic (exact) mass is 495 g/mol. The van der Waals surface area contributed by atoms with E-state index in [1.165, 1.54) is 76.3 Å². The van der Waals surface area contributed by atoms with Crippen LogP contribution in [0.4, 0.5) is 4.39 Å². The molecule has 198 valence electrons. The van der Waals surface area contributed by atoms with Gasteiger partial charge in [-0.25, -0.2) is 4.39 Å². The number of hydrogen-bond acceptors (Lipinski definition) is 5. The third-order valence-corrected chi connectivity index (χ3v) is 11.4. The molecule has 0 aromatic rings. The van der Waals surface area contributed by atoms with Gasteiger partial charge in [-0.05, 0) is 74.9 Å². The molecular formula is C30H46FN5. The molecular weight excluding hydrogens is 449 g/mol. The van der Waals surface area contributed by atoms with Gasteiger partial charge in [0.1, 0.15) is 6.17 Å². The number of fused-ring (bicyclic) bond motifs is 5. The third-order valence-electron chi connectivity index (χ3n) is 11.4. The molecule has 6 heteroatoms. The Morgan fingerprint density at radius 2 is 1.42 bits per heavy atom. The molecule has 7 aliphatic rings. The molecule has 6 N–H and O–H groups in total. The number of halogens is 1. The minimum absolute atomic E-state index is 0.372. The van der Waals surface area contributed by atoms with E-state index in [0.717, 1.165) is 25.0 Å². The molecule has 5 nitrogen and oxygen atoms in total. The van der Waals surface area contributed by atoms with Crippen LogP contribution < -0.4 is 17.2 Å². The number of hydrogen-bond donors (Lipinski definition) is 3. The first-order valence-corrected chi connectivity index (χ1v) is 15.2. The zero-order valence-corrected chi connectivity index (χ0v) is 21.8. The molecule has 36 heavy (non-hydrogen) atoms. The molecule has 4 fully saturated rings. The molecule has 2 heterocycles. The highest BCUT2D eigenvalue weighted by Gasteiger charge is 2.58. The molecule has 5 aliphatic carbocycles. The lowest BCUT2D eigenvalue weighted by Crippen LogP contribution is -2.66. The van der Waals surface area contributed by atoms with Crippen molar-refractivity contribution in [1.82, 2.24) is 9.80 Å². The van der Waals surface area contributed by atoms with Gasteiger partial charge in [-0.3, -0.25) is 4.90 Å². The summed E-state index contributed by atoms with van der Waals surface area (Å²) in [5.41, 5.74) is 24.7. The average Bonchev–Trinajstić information content (AvgIpc) is 3.43. The fourth-order valence-corrected chi connectivity index (χ4v) is 9.97. The van der Waals surface area contributed by atoms with Crippen LogP contribution in [0.15, 0.2) is 34.8 Å². The van der Waals surface area contributed by atoms with Gasteiger partial charge in [0.25, 0.3) is 0 Å². The highest BCUT2D eigenvalue weighted by molar-refractivity contribution is 5.44. The van der Waals surface area contributed by atoms with Gasteiger partial charge in [-0.15, -0.1) is 0 Å². The molecule has 0 aromatic heterocycles. The lowest BCUT2D eigenvalue weighted by Gasteiger charge is -2.51. The number of likely N-dealkylation sites (tertiary alicyclic amines) is 1. The largest absolute Gasteiger partial charge is 0.399 e. The van der Waals surface area contributed by atoms with Crippen molar-refractivity contribution in [2.75, 3.05) is 0 Å². The van der Waals surface area contributed by atoms with Crippen LogP contribution in [0.25, 0.3) is 0 Å². The van der Waals surface area contributed by atoms with E-state index in [1.54, 1.807) is 5.57 Å². The van der Waals surface area contributed by atoms with E-state index < -0.39 is 18.3 Å². The van der Waals surface area contributed by atoms with Crippen LogP contribution in [0, 0.1) is 17.8 Å². The Bertz CT molecular complexity index is 950. The normalized spacial score (nSPS) is 47.0. The summed E-state index contributed by atoms with van der Waals surface area (Å²) in [6, 6.07) is -0.438. The summed E-state index contributed by atoms with van der Waals surface area (Å²) < 4.78 is 16.8. The molecule has 0 spiro atoms. The first kappa shape index (κ1) is 23.7. The van der Waals surface area contributed by atoms with Crippen molar-refractivity contribution in [3.05, 3.63) is 34.8 Å². The molecule has 0 aromatic carbocycles. The highest BCUT2D eigenvalue weighted by Crippen LogP contribution is 2.54. The van der Waals surface area contributed by atoms with Gasteiger partial charge >= 0.3 is 0 Å². The van der Waals surface area contributed by atoms with Gasteiger partial charge in [0.05, 0.1) is 23.8 Å². The van der Waals surface area contributed by atoms with Crippen LogP contribution in [-0.4, -0.2) is 52.2 Å². The Balaban J connectivity index is 1.37. The molecule has 3 saturated carbocycles. The topological polar surface area (TPSA) is 84.5 Å². The van der Waals surface area contributed by atoms with Crippen molar-refractivity contribution in [3.8, 4) is 0 Å². The standard InChI is InChI=1S/C30H46FN5/c31-25-26(32)27(33)28(34)30(36-23-15-7-3-11-19(23)20-12-4-8-16-24(20)36)29(25)35-21-13-5-1-9-17(21)18-10-2-6-14-22(18)35/h7,15,17-18,20-22,24-27,29H,1-6,8-14,16,32-34H2/t17?,18?,20?,21?,22?,24?,25?,26?,27-,29+/m0/s1. The maximum atomic E-state index is 16.8. The molecule has 10 atom stereocenters. The first-order chi connectivity index (χ1) is 17.6. The summed E-state index contributed by atoms with van der Waals surface area (Å²) in [4.78, 5) is 5.19. The van der Waals surface area contributed by atoms with E-state index in [4.69, 9.17) is 17.2 Å². The van der Waals surface area contributed by atoms with Crippen molar-refractivity contribution >= 4 is 0 Å². The van der Waals surface area contributed by atoms with Crippen LogP contribution in [0.2, 0.25) is 0 Å². The Morgan fingerprint density at radius 1 is 0.806 bits per heavy atom.